The zero-order valence-electron chi connectivity index (χ0n) is 15.3. The molecule has 0 amide bonds. The second-order valence-electron chi connectivity index (χ2n) is 6.20. The van der Waals surface area contributed by atoms with Gasteiger partial charge >= 0.3 is 5.97 Å². The average Bonchev–Trinajstić information content (AvgIpc) is 2.66. The van der Waals surface area contributed by atoms with E-state index < -0.39 is 5.97 Å². The van der Waals surface area contributed by atoms with Gasteiger partial charge in [0.15, 0.2) is 0 Å². The highest BCUT2D eigenvalue weighted by atomic mass is 16.5. The minimum Gasteiger partial charge on any atom is -0.494 e. The van der Waals surface area contributed by atoms with E-state index in [-0.39, 0.29) is 6.42 Å². The van der Waals surface area contributed by atoms with Crippen molar-refractivity contribution in [1.29, 1.82) is 0 Å². The van der Waals surface area contributed by atoms with Crippen molar-refractivity contribution in [3.8, 4) is 5.75 Å². The first-order chi connectivity index (χ1) is 12.6. The Morgan fingerprint density at radius 3 is 2.54 bits per heavy atom. The third kappa shape index (κ3) is 7.53. The highest BCUT2D eigenvalue weighted by Gasteiger charge is 1.99. The van der Waals surface area contributed by atoms with Crippen molar-refractivity contribution >= 4 is 11.5 Å². The van der Waals surface area contributed by atoms with Crippen LogP contribution >= 0.6 is 0 Å². The smallest absolute Gasteiger partial charge is 0.304 e. The Morgan fingerprint density at radius 2 is 1.85 bits per heavy atom. The lowest BCUT2D eigenvalue weighted by atomic mass is 10.1. The van der Waals surface area contributed by atoms with Crippen molar-refractivity contribution in [2.45, 2.75) is 26.2 Å². The molecular formula is C22H27NO3. The normalized spacial score (nSPS) is 11.3. The van der Waals surface area contributed by atoms with E-state index in [1.165, 1.54) is 5.56 Å². The molecule has 138 valence electrons. The fourth-order valence-electron chi connectivity index (χ4n) is 2.57. The van der Waals surface area contributed by atoms with E-state index >= 15 is 0 Å². The molecule has 0 atom stereocenters. The molecule has 4 nitrogen and oxygen atoms in total. The molecule has 2 N–H and O–H groups in total. The minimum absolute atomic E-state index is 0.142. The van der Waals surface area contributed by atoms with E-state index in [0.29, 0.717) is 19.7 Å². The van der Waals surface area contributed by atoms with Gasteiger partial charge in [-0.25, -0.2) is 0 Å². The Balaban J connectivity index is 1.70. The van der Waals surface area contributed by atoms with Gasteiger partial charge in [-0.2, -0.15) is 0 Å². The predicted molar refractivity (Wildman–Crippen MR) is 105 cm³/mol. The summed E-state index contributed by atoms with van der Waals surface area (Å²) in [5.41, 5.74) is 3.63. The molecular weight excluding hydrogens is 326 g/mol. The molecule has 0 aliphatic carbocycles. The van der Waals surface area contributed by atoms with Crippen molar-refractivity contribution in [3.05, 3.63) is 71.8 Å². The monoisotopic (exact) mass is 353 g/mol. The quantitative estimate of drug-likeness (QED) is 0.596. The number of carboxylic acid groups (broad SMARTS) is 1. The van der Waals surface area contributed by atoms with E-state index in [2.05, 4.69) is 54.7 Å². The molecule has 0 saturated heterocycles. The van der Waals surface area contributed by atoms with Crippen molar-refractivity contribution in [1.82, 2.24) is 5.32 Å². The zero-order chi connectivity index (χ0) is 18.6. The standard InChI is InChI=1S/C22H27NO3/c1-18(13-15-23-16-14-22(24)25)20-9-11-21(12-10-20)26-17-5-8-19-6-3-2-4-7-19/h2-4,6-7,9-13,23H,5,8,14-17H2,1H3,(H,24,25)/b18-13-. The summed E-state index contributed by atoms with van der Waals surface area (Å²) >= 11 is 0. The summed E-state index contributed by atoms with van der Waals surface area (Å²) < 4.78 is 5.81. The Bertz CT molecular complexity index is 693. The van der Waals surface area contributed by atoms with Crippen LogP contribution < -0.4 is 10.1 Å². The molecule has 2 aromatic rings. The van der Waals surface area contributed by atoms with Gasteiger partial charge < -0.3 is 15.2 Å². The lowest BCUT2D eigenvalue weighted by Crippen LogP contribution is -2.18. The average molecular weight is 353 g/mol. The lowest BCUT2D eigenvalue weighted by molar-refractivity contribution is -0.136. The molecule has 0 heterocycles. The van der Waals surface area contributed by atoms with Crippen LogP contribution in [0.3, 0.4) is 0 Å². The highest BCUT2D eigenvalue weighted by Crippen LogP contribution is 2.18. The number of ether oxygens (including phenoxy) is 1. The van der Waals surface area contributed by atoms with Crippen molar-refractivity contribution in [2.75, 3.05) is 19.7 Å². The van der Waals surface area contributed by atoms with E-state index in [9.17, 15) is 4.79 Å². The minimum atomic E-state index is -0.780. The van der Waals surface area contributed by atoms with Gasteiger partial charge in [-0.15, -0.1) is 0 Å². The van der Waals surface area contributed by atoms with Gasteiger partial charge in [0.1, 0.15) is 5.75 Å². The molecule has 2 rings (SSSR count). The number of benzene rings is 2. The molecule has 0 aromatic heterocycles. The Kier molecular flexibility index (Phi) is 8.43. The molecule has 26 heavy (non-hydrogen) atoms. The van der Waals surface area contributed by atoms with Crippen molar-refractivity contribution in [2.24, 2.45) is 0 Å². The van der Waals surface area contributed by atoms with Gasteiger partial charge in [-0.3, -0.25) is 4.79 Å². The van der Waals surface area contributed by atoms with Crippen LogP contribution in [0.25, 0.3) is 5.57 Å². The van der Waals surface area contributed by atoms with E-state index in [0.717, 1.165) is 29.7 Å². The van der Waals surface area contributed by atoms with E-state index in [4.69, 9.17) is 9.84 Å². The number of carbonyl (C=O) groups is 1. The first-order valence-corrected chi connectivity index (χ1v) is 9.01. The predicted octanol–water partition coefficient (Wildman–Crippen LogP) is 4.17. The fraction of sp³-hybridized carbons (Fsp3) is 0.318. The Labute approximate surface area is 155 Å². The first-order valence-electron chi connectivity index (χ1n) is 9.01. The van der Waals surface area contributed by atoms with Gasteiger partial charge in [0, 0.05) is 13.1 Å². The molecule has 0 spiro atoms. The highest BCUT2D eigenvalue weighted by molar-refractivity contribution is 5.67. The van der Waals surface area contributed by atoms with Gasteiger partial charge in [0.25, 0.3) is 0 Å². The molecule has 2 aromatic carbocycles. The SMILES string of the molecule is C/C(=C/CNCCC(=O)O)c1ccc(OCCCc2ccccc2)cc1. The van der Waals surface area contributed by atoms with Crippen molar-refractivity contribution < 1.29 is 14.6 Å². The molecule has 0 radical (unpaired) electrons. The van der Waals surface area contributed by atoms with Gasteiger partial charge in [0.2, 0.25) is 0 Å². The van der Waals surface area contributed by atoms with Gasteiger partial charge in [-0.05, 0) is 48.6 Å². The summed E-state index contributed by atoms with van der Waals surface area (Å²) in [7, 11) is 0. The van der Waals surface area contributed by atoms with E-state index in [1.54, 1.807) is 0 Å². The second kappa shape index (κ2) is 11.1. The largest absolute Gasteiger partial charge is 0.494 e. The third-order valence-corrected chi connectivity index (χ3v) is 4.10. The molecule has 0 bridgehead atoms. The first kappa shape index (κ1) is 19.7. The molecule has 0 saturated carbocycles. The van der Waals surface area contributed by atoms with Crippen LogP contribution in [0.1, 0.15) is 30.9 Å². The third-order valence-electron chi connectivity index (χ3n) is 4.10. The topological polar surface area (TPSA) is 58.6 Å². The molecule has 4 heteroatoms. The van der Waals surface area contributed by atoms with Gasteiger partial charge in [-0.1, -0.05) is 48.5 Å². The number of hydrogen-bond acceptors (Lipinski definition) is 3. The molecule has 0 unspecified atom stereocenters. The van der Waals surface area contributed by atoms with Crippen LogP contribution in [-0.2, 0) is 11.2 Å². The molecule has 0 aliphatic rings. The zero-order valence-corrected chi connectivity index (χ0v) is 15.3. The van der Waals surface area contributed by atoms with Crippen LogP contribution in [0.4, 0.5) is 0 Å². The number of nitrogens with one attached hydrogen (secondary N) is 1. The molecule has 0 fully saturated rings. The van der Waals surface area contributed by atoms with Crippen LogP contribution in [-0.4, -0.2) is 30.8 Å². The maximum atomic E-state index is 10.4. The maximum Gasteiger partial charge on any atom is 0.304 e. The Hall–Kier alpha value is -2.59. The van der Waals surface area contributed by atoms with Crippen LogP contribution in [0.5, 0.6) is 5.75 Å². The summed E-state index contributed by atoms with van der Waals surface area (Å²) in [6.07, 6.45) is 4.23. The summed E-state index contributed by atoms with van der Waals surface area (Å²) in [5.74, 6) is 0.103. The number of hydrogen-bond donors (Lipinski definition) is 2. The summed E-state index contributed by atoms with van der Waals surface area (Å²) in [6, 6.07) is 18.5. The lowest BCUT2D eigenvalue weighted by Gasteiger charge is -2.08. The van der Waals surface area contributed by atoms with Crippen LogP contribution in [0, 0.1) is 0 Å². The number of aliphatic carboxylic acids is 1. The Morgan fingerprint density at radius 1 is 1.12 bits per heavy atom. The summed E-state index contributed by atoms with van der Waals surface area (Å²) in [4.78, 5) is 10.4. The number of carboxylic acids is 1. The summed E-state index contributed by atoms with van der Waals surface area (Å²) in [5, 5.41) is 11.7. The van der Waals surface area contributed by atoms with E-state index in [1.807, 2.05) is 18.2 Å². The second-order valence-corrected chi connectivity index (χ2v) is 6.20. The number of allylic oxidation sites excluding steroid dienone is 1. The number of rotatable bonds is 11. The molecule has 0 aliphatic heterocycles. The van der Waals surface area contributed by atoms with Crippen molar-refractivity contribution in [3.63, 3.8) is 0 Å². The number of aryl methyl sites for hydroxylation is 1. The maximum absolute atomic E-state index is 10.4. The summed E-state index contributed by atoms with van der Waals surface area (Å²) in [6.45, 7) is 3.90. The van der Waals surface area contributed by atoms with Crippen LogP contribution in [0.2, 0.25) is 0 Å². The fourth-order valence-corrected chi connectivity index (χ4v) is 2.57. The van der Waals surface area contributed by atoms with Crippen LogP contribution in [0.15, 0.2) is 60.7 Å². The van der Waals surface area contributed by atoms with Gasteiger partial charge in [0.05, 0.1) is 13.0 Å².